The Morgan fingerprint density at radius 3 is 2.05 bits per heavy atom. The van der Waals surface area contributed by atoms with E-state index < -0.39 is 23.2 Å². The lowest BCUT2D eigenvalue weighted by Gasteiger charge is -2.10. The zero-order valence-electron chi connectivity index (χ0n) is 10.9. The summed E-state index contributed by atoms with van der Waals surface area (Å²) in [6.07, 6.45) is 0. The molecule has 2 nitrogen and oxygen atoms in total. The number of benzene rings is 2. The van der Waals surface area contributed by atoms with E-state index in [-0.39, 0.29) is 16.8 Å². The molecule has 0 amide bonds. The van der Waals surface area contributed by atoms with E-state index in [1.165, 1.54) is 12.1 Å². The van der Waals surface area contributed by atoms with Gasteiger partial charge in [0, 0.05) is 11.6 Å². The number of anilines is 1. The van der Waals surface area contributed by atoms with Gasteiger partial charge in [-0.3, -0.25) is 4.79 Å². The standard InChI is InChI=1S/C15H12F3NO/c1-7-3-9(16)4-8(2)14(7)15(20)10-5-13(19)12(18)6-11(10)17/h3-6H,19H2,1-2H3. The van der Waals surface area contributed by atoms with Gasteiger partial charge in [0.15, 0.2) is 5.78 Å². The Morgan fingerprint density at radius 1 is 0.950 bits per heavy atom. The minimum Gasteiger partial charge on any atom is -0.396 e. The third-order valence-corrected chi connectivity index (χ3v) is 3.06. The molecule has 0 radical (unpaired) electrons. The normalized spacial score (nSPS) is 10.7. The number of aryl methyl sites for hydroxylation is 2. The molecule has 0 saturated carbocycles. The summed E-state index contributed by atoms with van der Waals surface area (Å²) < 4.78 is 40.0. The van der Waals surface area contributed by atoms with Crippen molar-refractivity contribution in [3.8, 4) is 0 Å². The van der Waals surface area contributed by atoms with Crippen LogP contribution in [-0.4, -0.2) is 5.78 Å². The lowest BCUT2D eigenvalue weighted by Crippen LogP contribution is -2.10. The molecule has 5 heteroatoms. The van der Waals surface area contributed by atoms with Gasteiger partial charge < -0.3 is 5.73 Å². The number of carbonyl (C=O) groups is 1. The maximum atomic E-state index is 13.7. The molecular formula is C15H12F3NO. The molecule has 0 heterocycles. The quantitative estimate of drug-likeness (QED) is 0.675. The summed E-state index contributed by atoms with van der Waals surface area (Å²) in [6.45, 7) is 3.10. The molecule has 0 bridgehead atoms. The molecule has 0 saturated heterocycles. The highest BCUT2D eigenvalue weighted by Crippen LogP contribution is 2.24. The molecular weight excluding hydrogens is 267 g/mol. The highest BCUT2D eigenvalue weighted by atomic mass is 19.1. The Hall–Kier alpha value is -2.30. The topological polar surface area (TPSA) is 43.1 Å². The van der Waals surface area contributed by atoms with Gasteiger partial charge in [0.1, 0.15) is 17.5 Å². The largest absolute Gasteiger partial charge is 0.396 e. The molecule has 0 atom stereocenters. The molecule has 0 fully saturated rings. The summed E-state index contributed by atoms with van der Waals surface area (Å²) >= 11 is 0. The predicted molar refractivity (Wildman–Crippen MR) is 70.1 cm³/mol. The highest BCUT2D eigenvalue weighted by Gasteiger charge is 2.20. The first-order valence-corrected chi connectivity index (χ1v) is 5.87. The Balaban J connectivity index is 2.61. The van der Waals surface area contributed by atoms with E-state index in [0.717, 1.165) is 6.07 Å². The Kier molecular flexibility index (Phi) is 3.53. The van der Waals surface area contributed by atoms with Crippen molar-refractivity contribution in [3.63, 3.8) is 0 Å². The average molecular weight is 279 g/mol. The van der Waals surface area contributed by atoms with E-state index in [1.54, 1.807) is 13.8 Å². The molecule has 2 aromatic carbocycles. The van der Waals surface area contributed by atoms with E-state index in [9.17, 15) is 18.0 Å². The molecule has 2 rings (SSSR count). The van der Waals surface area contributed by atoms with Crippen molar-refractivity contribution in [2.24, 2.45) is 0 Å². The van der Waals surface area contributed by atoms with Gasteiger partial charge in [0.05, 0.1) is 11.3 Å². The highest BCUT2D eigenvalue weighted by molar-refractivity contribution is 6.11. The van der Waals surface area contributed by atoms with Crippen LogP contribution in [0.15, 0.2) is 24.3 Å². The number of rotatable bonds is 2. The summed E-state index contributed by atoms with van der Waals surface area (Å²) in [6, 6.07) is 3.89. The summed E-state index contributed by atoms with van der Waals surface area (Å²) in [5.74, 6) is -3.05. The third-order valence-electron chi connectivity index (χ3n) is 3.06. The van der Waals surface area contributed by atoms with Gasteiger partial charge in [0.25, 0.3) is 0 Å². The maximum absolute atomic E-state index is 13.7. The molecule has 2 N–H and O–H groups in total. The number of carbonyl (C=O) groups excluding carboxylic acids is 1. The summed E-state index contributed by atoms with van der Waals surface area (Å²) in [4.78, 5) is 12.3. The van der Waals surface area contributed by atoms with Crippen molar-refractivity contribution in [3.05, 3.63) is 64.0 Å². The zero-order chi connectivity index (χ0) is 15.0. The van der Waals surface area contributed by atoms with Crippen molar-refractivity contribution >= 4 is 11.5 Å². The monoisotopic (exact) mass is 279 g/mol. The number of nitrogen functional groups attached to an aromatic ring is 1. The van der Waals surface area contributed by atoms with E-state index in [2.05, 4.69) is 0 Å². The van der Waals surface area contributed by atoms with Gasteiger partial charge in [-0.2, -0.15) is 0 Å². The third kappa shape index (κ3) is 2.39. The fourth-order valence-electron chi connectivity index (χ4n) is 2.14. The predicted octanol–water partition coefficient (Wildman–Crippen LogP) is 3.53. The van der Waals surface area contributed by atoms with Crippen LogP contribution in [0.4, 0.5) is 18.9 Å². The first kappa shape index (κ1) is 14.1. The van der Waals surface area contributed by atoms with Crippen LogP contribution in [0, 0.1) is 31.3 Å². The summed E-state index contributed by atoms with van der Waals surface area (Å²) in [5.41, 5.74) is 5.67. The van der Waals surface area contributed by atoms with Gasteiger partial charge in [-0.25, -0.2) is 13.2 Å². The smallest absolute Gasteiger partial charge is 0.196 e. The maximum Gasteiger partial charge on any atom is 0.196 e. The van der Waals surface area contributed by atoms with Crippen LogP contribution in [0.2, 0.25) is 0 Å². The van der Waals surface area contributed by atoms with E-state index in [1.807, 2.05) is 0 Å². The molecule has 0 aromatic heterocycles. The number of hydrogen-bond acceptors (Lipinski definition) is 2. The van der Waals surface area contributed by atoms with Gasteiger partial charge >= 0.3 is 0 Å². The van der Waals surface area contributed by atoms with Crippen LogP contribution in [0.5, 0.6) is 0 Å². The van der Waals surface area contributed by atoms with Crippen molar-refractivity contribution in [2.45, 2.75) is 13.8 Å². The molecule has 20 heavy (non-hydrogen) atoms. The van der Waals surface area contributed by atoms with Crippen molar-refractivity contribution < 1.29 is 18.0 Å². The zero-order valence-corrected chi connectivity index (χ0v) is 10.9. The van der Waals surface area contributed by atoms with Crippen molar-refractivity contribution in [1.82, 2.24) is 0 Å². The molecule has 0 aliphatic rings. The number of hydrogen-bond donors (Lipinski definition) is 1. The second-order valence-corrected chi connectivity index (χ2v) is 4.60. The van der Waals surface area contributed by atoms with E-state index in [4.69, 9.17) is 5.73 Å². The van der Waals surface area contributed by atoms with Crippen LogP contribution >= 0.6 is 0 Å². The van der Waals surface area contributed by atoms with E-state index >= 15 is 0 Å². The first-order valence-electron chi connectivity index (χ1n) is 5.87. The molecule has 0 spiro atoms. The minimum atomic E-state index is -0.996. The first-order chi connectivity index (χ1) is 9.31. The van der Waals surface area contributed by atoms with Crippen LogP contribution < -0.4 is 5.73 Å². The van der Waals surface area contributed by atoms with Crippen LogP contribution in [-0.2, 0) is 0 Å². The van der Waals surface area contributed by atoms with Gasteiger partial charge in [-0.1, -0.05) is 0 Å². The lowest BCUT2D eigenvalue weighted by molar-refractivity contribution is 0.103. The van der Waals surface area contributed by atoms with Crippen molar-refractivity contribution in [2.75, 3.05) is 5.73 Å². The van der Waals surface area contributed by atoms with Crippen LogP contribution in [0.1, 0.15) is 27.0 Å². The molecule has 0 aliphatic heterocycles. The SMILES string of the molecule is Cc1cc(F)cc(C)c1C(=O)c1cc(N)c(F)cc1F. The Labute approximate surface area is 114 Å². The van der Waals surface area contributed by atoms with Gasteiger partial charge in [-0.05, 0) is 43.2 Å². The molecule has 0 aliphatic carbocycles. The summed E-state index contributed by atoms with van der Waals surface area (Å²) in [5, 5.41) is 0. The second kappa shape index (κ2) is 5.00. The average Bonchev–Trinajstić information content (AvgIpc) is 2.32. The Morgan fingerprint density at radius 2 is 1.50 bits per heavy atom. The fraction of sp³-hybridized carbons (Fsp3) is 0.133. The molecule has 0 unspecified atom stereocenters. The molecule has 104 valence electrons. The van der Waals surface area contributed by atoms with Gasteiger partial charge in [-0.15, -0.1) is 0 Å². The number of halogens is 3. The molecule has 2 aromatic rings. The van der Waals surface area contributed by atoms with Crippen LogP contribution in [0.3, 0.4) is 0 Å². The fourth-order valence-corrected chi connectivity index (χ4v) is 2.14. The van der Waals surface area contributed by atoms with Gasteiger partial charge in [0.2, 0.25) is 0 Å². The summed E-state index contributed by atoms with van der Waals surface area (Å²) in [7, 11) is 0. The number of nitrogens with two attached hydrogens (primary N) is 1. The lowest BCUT2D eigenvalue weighted by atomic mass is 9.94. The van der Waals surface area contributed by atoms with Crippen molar-refractivity contribution in [1.29, 1.82) is 0 Å². The second-order valence-electron chi connectivity index (χ2n) is 4.60. The minimum absolute atomic E-state index is 0.191. The number of ketones is 1. The van der Waals surface area contributed by atoms with Crippen LogP contribution in [0.25, 0.3) is 0 Å². The van der Waals surface area contributed by atoms with E-state index in [0.29, 0.717) is 17.2 Å². The Bertz CT molecular complexity index is 688.